The molecule has 5 atom stereocenters. The van der Waals surface area contributed by atoms with E-state index in [9.17, 15) is 8.78 Å². The molecule has 112 valence electrons. The minimum Gasteiger partial charge on any atom is -0.375 e. The Labute approximate surface area is 127 Å². The predicted molar refractivity (Wildman–Crippen MR) is 78.5 cm³/mol. The monoisotopic (exact) mass is 347 g/mol. The third-order valence-electron chi connectivity index (χ3n) is 4.39. The fourth-order valence-corrected chi connectivity index (χ4v) is 3.52. The molecule has 0 radical (unpaired) electrons. The standard InChI is InChI=1S/C15H20BrF2NO/c1-7-8(2)20-9(3)14(7)15(19-4)10-5-13(18)11(16)6-12(10)17/h5-9,14-15,19H,1-4H3. The minimum atomic E-state index is -0.450. The summed E-state index contributed by atoms with van der Waals surface area (Å²) in [6.45, 7) is 6.10. The Hall–Kier alpha value is -0.520. The molecule has 2 nitrogen and oxygen atoms in total. The average molecular weight is 348 g/mol. The van der Waals surface area contributed by atoms with E-state index >= 15 is 0 Å². The van der Waals surface area contributed by atoms with Crippen molar-refractivity contribution in [1.29, 1.82) is 0 Å². The van der Waals surface area contributed by atoms with Crippen molar-refractivity contribution in [3.8, 4) is 0 Å². The molecule has 0 saturated carbocycles. The molecular formula is C15H20BrF2NO. The largest absolute Gasteiger partial charge is 0.375 e. The van der Waals surface area contributed by atoms with E-state index in [0.717, 1.165) is 0 Å². The Morgan fingerprint density at radius 2 is 1.80 bits per heavy atom. The normalized spacial score (nSPS) is 31.6. The van der Waals surface area contributed by atoms with Crippen LogP contribution in [0.5, 0.6) is 0 Å². The van der Waals surface area contributed by atoms with E-state index < -0.39 is 11.6 Å². The maximum atomic E-state index is 14.2. The number of hydrogen-bond acceptors (Lipinski definition) is 2. The van der Waals surface area contributed by atoms with E-state index in [-0.39, 0.29) is 34.6 Å². The quantitative estimate of drug-likeness (QED) is 0.833. The fourth-order valence-electron chi connectivity index (χ4n) is 3.20. The molecule has 1 fully saturated rings. The Balaban J connectivity index is 2.40. The number of hydrogen-bond donors (Lipinski definition) is 1. The molecule has 20 heavy (non-hydrogen) atoms. The van der Waals surface area contributed by atoms with Crippen LogP contribution in [0.4, 0.5) is 8.78 Å². The lowest BCUT2D eigenvalue weighted by Crippen LogP contribution is -2.33. The van der Waals surface area contributed by atoms with Gasteiger partial charge in [-0.3, -0.25) is 0 Å². The Kier molecular flexibility index (Phi) is 4.82. The molecule has 1 heterocycles. The summed E-state index contributed by atoms with van der Waals surface area (Å²) in [5.41, 5.74) is 0.356. The van der Waals surface area contributed by atoms with Gasteiger partial charge in [-0.2, -0.15) is 0 Å². The van der Waals surface area contributed by atoms with Crippen molar-refractivity contribution in [2.24, 2.45) is 11.8 Å². The SMILES string of the molecule is CNC(c1cc(F)c(Br)cc1F)C1C(C)OC(C)C1C. The summed E-state index contributed by atoms with van der Waals surface area (Å²) in [4.78, 5) is 0. The van der Waals surface area contributed by atoms with E-state index in [0.29, 0.717) is 5.56 Å². The van der Waals surface area contributed by atoms with Gasteiger partial charge in [-0.15, -0.1) is 0 Å². The smallest absolute Gasteiger partial charge is 0.137 e. The highest BCUT2D eigenvalue weighted by atomic mass is 79.9. The summed E-state index contributed by atoms with van der Waals surface area (Å²) in [5.74, 6) is -0.482. The van der Waals surface area contributed by atoms with Crippen LogP contribution in [0.3, 0.4) is 0 Å². The van der Waals surface area contributed by atoms with Crippen LogP contribution in [-0.4, -0.2) is 19.3 Å². The zero-order valence-electron chi connectivity index (χ0n) is 12.1. The molecule has 5 unspecified atom stereocenters. The zero-order valence-corrected chi connectivity index (χ0v) is 13.7. The lowest BCUT2D eigenvalue weighted by Gasteiger charge is -2.29. The van der Waals surface area contributed by atoms with Crippen LogP contribution in [0.25, 0.3) is 0 Å². The number of benzene rings is 1. The average Bonchev–Trinajstić information content (AvgIpc) is 2.63. The minimum absolute atomic E-state index is 0.00329. The molecule has 1 aliphatic heterocycles. The van der Waals surface area contributed by atoms with Gasteiger partial charge < -0.3 is 10.1 Å². The summed E-state index contributed by atoms with van der Waals surface area (Å²) in [7, 11) is 1.77. The van der Waals surface area contributed by atoms with Crippen LogP contribution in [-0.2, 0) is 4.74 Å². The highest BCUT2D eigenvalue weighted by Gasteiger charge is 2.42. The zero-order chi connectivity index (χ0) is 15.0. The van der Waals surface area contributed by atoms with Crippen molar-refractivity contribution in [3.05, 3.63) is 33.8 Å². The topological polar surface area (TPSA) is 21.3 Å². The molecule has 1 aromatic rings. The summed E-state index contributed by atoms with van der Waals surface area (Å²) < 4.78 is 33.9. The summed E-state index contributed by atoms with van der Waals surface area (Å²) in [5, 5.41) is 3.13. The van der Waals surface area contributed by atoms with Crippen LogP contribution >= 0.6 is 15.9 Å². The van der Waals surface area contributed by atoms with Crippen molar-refractivity contribution in [2.45, 2.75) is 39.0 Å². The van der Waals surface area contributed by atoms with E-state index in [2.05, 4.69) is 28.2 Å². The molecule has 0 amide bonds. The number of nitrogens with one attached hydrogen (secondary N) is 1. The second-order valence-electron chi connectivity index (χ2n) is 5.54. The summed E-state index contributed by atoms with van der Waals surface area (Å²) >= 11 is 3.01. The maximum absolute atomic E-state index is 14.2. The summed E-state index contributed by atoms with van der Waals surface area (Å²) in [6, 6.07) is 2.18. The molecule has 1 aliphatic rings. The van der Waals surface area contributed by atoms with Crippen molar-refractivity contribution < 1.29 is 13.5 Å². The second kappa shape index (κ2) is 6.08. The van der Waals surface area contributed by atoms with Crippen molar-refractivity contribution in [1.82, 2.24) is 5.32 Å². The van der Waals surface area contributed by atoms with Gasteiger partial charge in [0, 0.05) is 17.5 Å². The molecule has 2 rings (SSSR count). The number of ether oxygens (including phenoxy) is 1. The van der Waals surface area contributed by atoms with E-state index in [1.807, 2.05) is 13.8 Å². The fraction of sp³-hybridized carbons (Fsp3) is 0.600. The highest BCUT2D eigenvalue weighted by molar-refractivity contribution is 9.10. The lowest BCUT2D eigenvalue weighted by molar-refractivity contribution is 0.0476. The molecule has 1 saturated heterocycles. The van der Waals surface area contributed by atoms with Gasteiger partial charge in [0.15, 0.2) is 0 Å². The number of rotatable bonds is 3. The molecule has 0 aliphatic carbocycles. The van der Waals surface area contributed by atoms with Crippen LogP contribution in [0.2, 0.25) is 0 Å². The first-order valence-corrected chi connectivity index (χ1v) is 7.63. The van der Waals surface area contributed by atoms with Gasteiger partial charge in [-0.25, -0.2) is 8.78 Å². The summed E-state index contributed by atoms with van der Waals surface area (Å²) in [6.07, 6.45) is 0.123. The first-order chi connectivity index (χ1) is 9.36. The van der Waals surface area contributed by atoms with Gasteiger partial charge in [0.05, 0.1) is 16.7 Å². The van der Waals surface area contributed by atoms with Gasteiger partial charge in [-0.05, 0) is 54.9 Å². The van der Waals surface area contributed by atoms with Crippen molar-refractivity contribution in [2.75, 3.05) is 7.05 Å². The molecule has 5 heteroatoms. The Bertz CT molecular complexity index is 497. The van der Waals surface area contributed by atoms with Gasteiger partial charge >= 0.3 is 0 Å². The predicted octanol–water partition coefficient (Wildman–Crippen LogP) is 4.05. The van der Waals surface area contributed by atoms with Crippen molar-refractivity contribution in [3.63, 3.8) is 0 Å². The van der Waals surface area contributed by atoms with Gasteiger partial charge in [-0.1, -0.05) is 6.92 Å². The van der Waals surface area contributed by atoms with Crippen LogP contribution in [0.15, 0.2) is 16.6 Å². The van der Waals surface area contributed by atoms with Crippen molar-refractivity contribution >= 4 is 15.9 Å². The molecule has 0 aromatic heterocycles. The third-order valence-corrected chi connectivity index (χ3v) is 5.00. The van der Waals surface area contributed by atoms with Gasteiger partial charge in [0.2, 0.25) is 0 Å². The Morgan fingerprint density at radius 1 is 1.15 bits per heavy atom. The third kappa shape index (κ3) is 2.76. The molecule has 1 aromatic carbocycles. The van der Waals surface area contributed by atoms with Crippen LogP contribution in [0, 0.1) is 23.5 Å². The van der Waals surface area contributed by atoms with Crippen LogP contribution < -0.4 is 5.32 Å². The van der Waals surface area contributed by atoms with E-state index in [1.54, 1.807) is 7.05 Å². The first-order valence-electron chi connectivity index (χ1n) is 6.84. The molecule has 0 bridgehead atoms. The van der Waals surface area contributed by atoms with Crippen LogP contribution in [0.1, 0.15) is 32.4 Å². The first kappa shape index (κ1) is 15.9. The lowest BCUT2D eigenvalue weighted by atomic mass is 9.80. The molecular weight excluding hydrogens is 328 g/mol. The van der Waals surface area contributed by atoms with Gasteiger partial charge in [0.25, 0.3) is 0 Å². The van der Waals surface area contributed by atoms with E-state index in [1.165, 1.54) is 12.1 Å². The molecule has 1 N–H and O–H groups in total. The Morgan fingerprint density at radius 3 is 2.30 bits per heavy atom. The second-order valence-corrected chi connectivity index (χ2v) is 6.39. The molecule has 0 spiro atoms. The van der Waals surface area contributed by atoms with E-state index in [4.69, 9.17) is 4.74 Å². The highest BCUT2D eigenvalue weighted by Crippen LogP contribution is 2.41. The van der Waals surface area contributed by atoms with Gasteiger partial charge in [0.1, 0.15) is 11.6 Å². The maximum Gasteiger partial charge on any atom is 0.137 e. The number of halogens is 3.